The summed E-state index contributed by atoms with van der Waals surface area (Å²) in [5.74, 6) is -0.360. The molecular formula is C32H39ClN2O5. The molecule has 8 heteroatoms. The molecule has 0 radical (unpaired) electrons. The molecule has 5 rings (SSSR count). The zero-order chi connectivity index (χ0) is 28.3. The number of carbonyl (C=O) groups excluding carboxylic acids is 1. The van der Waals surface area contributed by atoms with Crippen LogP contribution in [0, 0.1) is 5.92 Å². The van der Waals surface area contributed by atoms with Gasteiger partial charge in [0.05, 0.1) is 19.3 Å². The Morgan fingerprint density at radius 3 is 2.67 bits per heavy atom. The number of hydrogen-bond donors (Lipinski definition) is 3. The summed E-state index contributed by atoms with van der Waals surface area (Å²) in [6.45, 7) is 1.57. The average molecular weight is 567 g/mol. The summed E-state index contributed by atoms with van der Waals surface area (Å²) < 4.78 is 11.5. The van der Waals surface area contributed by atoms with Crippen LogP contribution in [-0.4, -0.2) is 72.7 Å². The van der Waals surface area contributed by atoms with Crippen molar-refractivity contribution in [3.8, 4) is 11.1 Å². The van der Waals surface area contributed by atoms with Gasteiger partial charge in [-0.2, -0.15) is 0 Å². The monoisotopic (exact) mass is 566 g/mol. The molecule has 0 bridgehead atoms. The smallest absolute Gasteiger partial charge is 0.226 e. The quantitative estimate of drug-likeness (QED) is 0.330. The van der Waals surface area contributed by atoms with Crippen LogP contribution in [0.5, 0.6) is 0 Å². The summed E-state index contributed by atoms with van der Waals surface area (Å²) >= 11 is 6.86. The number of ether oxygens (including phenoxy) is 2. The topological polar surface area (TPSA) is 105 Å². The van der Waals surface area contributed by atoms with Gasteiger partial charge in [0.2, 0.25) is 5.91 Å². The minimum absolute atomic E-state index is 0.0390. The Balaban J connectivity index is 1.51. The number of rotatable bonds is 9. The first-order valence-electron chi connectivity index (χ1n) is 14.2. The predicted molar refractivity (Wildman–Crippen MR) is 157 cm³/mol. The van der Waals surface area contributed by atoms with Gasteiger partial charge in [-0.3, -0.25) is 4.79 Å². The Labute approximate surface area is 240 Å². The summed E-state index contributed by atoms with van der Waals surface area (Å²) in [4.78, 5) is 15.2. The number of hydrogen-bond acceptors (Lipinski definition) is 6. The number of amides is 1. The van der Waals surface area contributed by atoms with Gasteiger partial charge in [0.25, 0.3) is 0 Å². The van der Waals surface area contributed by atoms with Gasteiger partial charge in [-0.15, -0.1) is 0 Å². The second-order valence-corrected chi connectivity index (χ2v) is 11.5. The van der Waals surface area contributed by atoms with Gasteiger partial charge >= 0.3 is 0 Å². The van der Waals surface area contributed by atoms with Gasteiger partial charge < -0.3 is 30.3 Å². The number of methoxy groups -OCH3 is 1. The lowest BCUT2D eigenvalue weighted by Gasteiger charge is -2.44. The normalized spacial score (nSPS) is 24.8. The number of fused-ring (bicyclic) bond motifs is 1. The van der Waals surface area contributed by atoms with Crippen LogP contribution >= 0.6 is 11.6 Å². The van der Waals surface area contributed by atoms with Gasteiger partial charge in [-0.05, 0) is 66.1 Å². The Bertz CT molecular complexity index is 1330. The number of unbranched alkanes of at least 4 members (excludes halogenated alkanes) is 1. The number of nitrogens with zero attached hydrogens (tertiary/aromatic N) is 1. The molecule has 2 aliphatic rings. The lowest BCUT2D eigenvalue weighted by molar-refractivity contribution is -0.167. The lowest BCUT2D eigenvalue weighted by Crippen LogP contribution is -2.55. The van der Waals surface area contributed by atoms with E-state index in [9.17, 15) is 15.0 Å². The van der Waals surface area contributed by atoms with Gasteiger partial charge in [0, 0.05) is 42.8 Å². The first-order chi connectivity index (χ1) is 19.3. The van der Waals surface area contributed by atoms with Gasteiger partial charge in [0.15, 0.2) is 0 Å². The van der Waals surface area contributed by atoms with E-state index in [-0.39, 0.29) is 24.4 Å². The van der Waals surface area contributed by atoms with E-state index in [4.69, 9.17) is 26.8 Å². The summed E-state index contributed by atoms with van der Waals surface area (Å²) in [5.41, 5.74) is 6.95. The maximum Gasteiger partial charge on any atom is 0.226 e. The van der Waals surface area contributed by atoms with Crippen LogP contribution in [0.4, 0.5) is 0 Å². The van der Waals surface area contributed by atoms with E-state index in [1.165, 1.54) is 0 Å². The Morgan fingerprint density at radius 1 is 1.12 bits per heavy atom. The van der Waals surface area contributed by atoms with Gasteiger partial charge in [-0.25, -0.2) is 0 Å². The molecule has 40 heavy (non-hydrogen) atoms. The highest BCUT2D eigenvalue weighted by molar-refractivity contribution is 6.33. The van der Waals surface area contributed by atoms with Gasteiger partial charge in [0.1, 0.15) is 11.7 Å². The summed E-state index contributed by atoms with van der Waals surface area (Å²) in [7, 11) is 1.67. The Kier molecular flexibility index (Phi) is 9.10. The zero-order valence-electron chi connectivity index (χ0n) is 23.0. The number of morpholine rings is 1. The minimum atomic E-state index is -1.41. The third-order valence-electron chi connectivity index (χ3n) is 8.51. The highest BCUT2D eigenvalue weighted by atomic mass is 35.5. The summed E-state index contributed by atoms with van der Waals surface area (Å²) in [6.07, 6.45) is 1.39. The van der Waals surface area contributed by atoms with Crippen molar-refractivity contribution in [1.29, 1.82) is 0 Å². The van der Waals surface area contributed by atoms with Crippen LogP contribution in [0.15, 0.2) is 60.7 Å². The van der Waals surface area contributed by atoms with E-state index in [2.05, 4.69) is 24.3 Å². The zero-order valence-corrected chi connectivity index (χ0v) is 23.7. The Hall–Kier alpha value is -2.52. The molecule has 1 saturated carbocycles. The molecule has 5 atom stereocenters. The first-order valence-corrected chi connectivity index (χ1v) is 14.5. The van der Waals surface area contributed by atoms with Crippen LogP contribution in [0.2, 0.25) is 5.02 Å². The van der Waals surface area contributed by atoms with Crippen molar-refractivity contribution < 1.29 is 24.5 Å². The number of halogens is 1. The van der Waals surface area contributed by atoms with E-state index >= 15 is 0 Å². The fraction of sp³-hybridized carbons (Fsp3) is 0.469. The Morgan fingerprint density at radius 2 is 1.93 bits per heavy atom. The van der Waals surface area contributed by atoms with E-state index in [0.29, 0.717) is 56.0 Å². The average Bonchev–Trinajstić information content (AvgIpc) is 3.32. The molecule has 5 unspecified atom stereocenters. The molecule has 0 aromatic heterocycles. The van der Waals surface area contributed by atoms with Crippen molar-refractivity contribution in [2.24, 2.45) is 11.7 Å². The third-order valence-corrected chi connectivity index (χ3v) is 8.83. The third kappa shape index (κ3) is 5.91. The predicted octanol–water partition coefficient (Wildman–Crippen LogP) is 4.49. The van der Waals surface area contributed by atoms with Crippen LogP contribution < -0.4 is 5.73 Å². The second-order valence-electron chi connectivity index (χ2n) is 11.1. The SMILES string of the molecule is COCCCCC(O)(c1cccc(Cl)c1-c1ccc2ccccc2c1)C1CN(C(=O)C2CC(N)C(O)C2)CCO1. The number of nitrogens with two attached hydrogens (primary N) is 1. The fourth-order valence-electron chi connectivity index (χ4n) is 6.28. The van der Waals surface area contributed by atoms with Crippen molar-refractivity contribution in [2.75, 3.05) is 33.4 Å². The molecular weight excluding hydrogens is 528 g/mol. The molecule has 3 aromatic carbocycles. The second kappa shape index (κ2) is 12.6. The number of benzene rings is 3. The van der Waals surface area contributed by atoms with Crippen LogP contribution in [0.3, 0.4) is 0 Å². The number of carbonyl (C=O) groups is 1. The van der Waals surface area contributed by atoms with Crippen molar-refractivity contribution in [3.63, 3.8) is 0 Å². The highest BCUT2D eigenvalue weighted by Crippen LogP contribution is 2.43. The van der Waals surface area contributed by atoms with E-state index in [1.807, 2.05) is 36.4 Å². The molecule has 4 N–H and O–H groups in total. The maximum absolute atomic E-state index is 13.5. The van der Waals surface area contributed by atoms with Crippen molar-refractivity contribution in [2.45, 2.75) is 56.0 Å². The van der Waals surface area contributed by atoms with Crippen LogP contribution in [-0.2, 0) is 19.9 Å². The number of aliphatic hydroxyl groups excluding tert-OH is 1. The first kappa shape index (κ1) is 29.0. The maximum atomic E-state index is 13.5. The molecule has 0 spiro atoms. The minimum Gasteiger partial charge on any atom is -0.391 e. The molecule has 1 saturated heterocycles. The molecule has 1 aliphatic carbocycles. The standard InChI is InChI=1S/C32H39ClN2O5/c1-39-15-5-4-13-32(38,29-20-35(14-16-40-29)31(37)24-18-27(34)28(36)19-24)25-9-6-10-26(33)30(25)23-12-11-21-7-2-3-8-22(21)17-23/h2-3,6-12,17,24,27-29,36,38H,4-5,13-16,18-20,34H2,1H3. The van der Waals surface area contributed by atoms with E-state index in [0.717, 1.165) is 28.3 Å². The molecule has 2 fully saturated rings. The van der Waals surface area contributed by atoms with Crippen molar-refractivity contribution >= 4 is 28.3 Å². The number of aliphatic hydroxyl groups is 2. The largest absolute Gasteiger partial charge is 0.391 e. The van der Waals surface area contributed by atoms with Crippen molar-refractivity contribution in [3.05, 3.63) is 71.2 Å². The van der Waals surface area contributed by atoms with Gasteiger partial charge in [-0.1, -0.05) is 60.1 Å². The van der Waals surface area contributed by atoms with E-state index in [1.54, 1.807) is 12.0 Å². The van der Waals surface area contributed by atoms with Crippen LogP contribution in [0.1, 0.15) is 37.7 Å². The molecule has 1 aliphatic heterocycles. The lowest BCUT2D eigenvalue weighted by atomic mass is 9.78. The van der Waals surface area contributed by atoms with E-state index < -0.39 is 17.8 Å². The van der Waals surface area contributed by atoms with Crippen molar-refractivity contribution in [1.82, 2.24) is 4.90 Å². The molecule has 1 amide bonds. The summed E-state index contributed by atoms with van der Waals surface area (Å²) in [5, 5.41) is 25.5. The highest BCUT2D eigenvalue weighted by Gasteiger charge is 2.45. The molecule has 3 aromatic rings. The fourth-order valence-corrected chi connectivity index (χ4v) is 6.56. The molecule has 1 heterocycles. The summed E-state index contributed by atoms with van der Waals surface area (Å²) in [6, 6.07) is 19.6. The van der Waals surface area contributed by atoms with Crippen LogP contribution in [0.25, 0.3) is 21.9 Å². The molecule has 7 nitrogen and oxygen atoms in total. The molecule has 214 valence electrons.